The van der Waals surface area contributed by atoms with Crippen molar-refractivity contribution in [3.8, 4) is 0 Å². The third-order valence-corrected chi connectivity index (χ3v) is 18.2. The normalized spacial score (nSPS) is 14.4. The van der Waals surface area contributed by atoms with Gasteiger partial charge in [-0.2, -0.15) is 0 Å². The maximum absolute atomic E-state index is 13.1. The van der Waals surface area contributed by atoms with Crippen LogP contribution >= 0.6 is 15.6 Å². The van der Waals surface area contributed by atoms with Crippen LogP contribution in [0.4, 0.5) is 0 Å². The van der Waals surface area contributed by atoms with Gasteiger partial charge in [0, 0.05) is 25.7 Å². The van der Waals surface area contributed by atoms with E-state index in [1.807, 2.05) is 12.2 Å². The highest BCUT2D eigenvalue weighted by molar-refractivity contribution is 7.47. The lowest BCUT2D eigenvalue weighted by Crippen LogP contribution is -2.30. The van der Waals surface area contributed by atoms with Crippen LogP contribution in [0.15, 0.2) is 85.1 Å². The Hall–Kier alpha value is -3.76. The summed E-state index contributed by atoms with van der Waals surface area (Å²) in [4.78, 5) is 72.8. The van der Waals surface area contributed by atoms with Gasteiger partial charge in [-0.3, -0.25) is 37.3 Å². The number of carbonyl (C=O) groups excluding carboxylic acids is 4. The van der Waals surface area contributed by atoms with E-state index in [4.69, 9.17) is 37.0 Å². The van der Waals surface area contributed by atoms with Gasteiger partial charge in [0.15, 0.2) is 12.2 Å². The number of carbonyl (C=O) groups is 4. The van der Waals surface area contributed by atoms with E-state index in [2.05, 4.69) is 101 Å². The zero-order chi connectivity index (χ0) is 71.8. The summed E-state index contributed by atoms with van der Waals surface area (Å²) in [5, 5.41) is 10.6. The molecule has 0 fully saturated rings. The Bertz CT molecular complexity index is 2190. The average molecular weight is 1420 g/mol. The standard InChI is InChI=1S/C79H140O17P2/c1-5-9-13-17-21-25-29-33-35-36-38-42-44-48-52-56-60-64-77(82)90-70-75(96-79(84)66-62-58-54-50-46-40-32-28-24-20-16-12-8-4)72-94-98(87,88)92-68-73(80)67-91-97(85,86)93-71-74(95-78(83)65-61-57-53-49-45-39-31-27-23-19-15-11-7-3)69-89-76(81)63-59-55-51-47-43-41-37-34-30-26-22-18-14-10-6-2/h9,13,21,25,28,32-35,37-38,42,48,52,73-75,80H,5-8,10-12,14-20,22-24,26-27,29-31,36,39-41,43-47,49-51,53-72H2,1-4H3,(H,85,86)(H,87,88)/b13-9-,25-21-,32-28-,35-33-,37-34-,42-38-,52-48-. The minimum absolute atomic E-state index is 0.0737. The maximum atomic E-state index is 13.1. The lowest BCUT2D eigenvalue weighted by molar-refractivity contribution is -0.161. The van der Waals surface area contributed by atoms with Gasteiger partial charge in [0.05, 0.1) is 26.4 Å². The first kappa shape index (κ1) is 94.2. The molecule has 0 saturated carbocycles. The Kier molecular flexibility index (Phi) is 68.9. The first-order valence-corrected chi connectivity index (χ1v) is 41.8. The third-order valence-electron chi connectivity index (χ3n) is 16.3. The zero-order valence-corrected chi connectivity index (χ0v) is 63.7. The minimum atomic E-state index is -4.98. The van der Waals surface area contributed by atoms with Crippen molar-refractivity contribution in [2.45, 2.75) is 354 Å². The number of unbranched alkanes of at least 4 members (excludes halogenated alkanes) is 33. The summed E-state index contributed by atoms with van der Waals surface area (Å²) >= 11 is 0. The van der Waals surface area contributed by atoms with Gasteiger partial charge in [0.25, 0.3) is 0 Å². The van der Waals surface area contributed by atoms with Crippen molar-refractivity contribution in [2.75, 3.05) is 39.6 Å². The molecule has 0 rings (SSSR count). The van der Waals surface area contributed by atoms with Gasteiger partial charge >= 0.3 is 39.5 Å². The molecule has 0 saturated heterocycles. The number of phosphoric acid groups is 2. The van der Waals surface area contributed by atoms with Crippen molar-refractivity contribution in [3.63, 3.8) is 0 Å². The maximum Gasteiger partial charge on any atom is 0.472 e. The van der Waals surface area contributed by atoms with Crippen LogP contribution in [0, 0.1) is 0 Å². The Morgan fingerprint density at radius 1 is 0.296 bits per heavy atom. The third kappa shape index (κ3) is 70.7. The molecule has 17 nitrogen and oxygen atoms in total. The number of phosphoric ester groups is 2. The Morgan fingerprint density at radius 2 is 0.541 bits per heavy atom. The van der Waals surface area contributed by atoms with Gasteiger partial charge < -0.3 is 33.8 Å². The number of hydrogen-bond donors (Lipinski definition) is 3. The molecule has 5 unspecified atom stereocenters. The molecule has 0 aromatic rings. The number of rotatable bonds is 73. The monoisotopic (exact) mass is 1420 g/mol. The van der Waals surface area contributed by atoms with Crippen LogP contribution in [-0.2, 0) is 65.4 Å². The number of ether oxygens (including phenoxy) is 4. The van der Waals surface area contributed by atoms with Gasteiger partial charge in [-0.1, -0.05) is 280 Å². The van der Waals surface area contributed by atoms with Crippen molar-refractivity contribution in [1.82, 2.24) is 0 Å². The molecular formula is C79H140O17P2. The molecule has 0 aliphatic heterocycles. The van der Waals surface area contributed by atoms with E-state index < -0.39 is 97.5 Å². The highest BCUT2D eigenvalue weighted by Gasteiger charge is 2.30. The first-order chi connectivity index (χ1) is 47.7. The number of aliphatic hydroxyl groups is 1. The van der Waals surface area contributed by atoms with Gasteiger partial charge in [-0.05, 0) is 116 Å². The lowest BCUT2D eigenvalue weighted by atomic mass is 10.0. The SMILES string of the molecule is CC/C=C\C/C=C\C/C=C\C/C=C\C/C=C\CCCC(=O)OCC(COP(=O)(O)OCC(O)COP(=O)(O)OCC(COC(=O)CCCCCCC/C=C\CCCCCCCC)OC(=O)CCCCCCCCCCCCCCC)OC(=O)CCCCCCC/C=C\CCCCCC. The van der Waals surface area contributed by atoms with E-state index >= 15 is 0 Å². The lowest BCUT2D eigenvalue weighted by Gasteiger charge is -2.21. The van der Waals surface area contributed by atoms with E-state index in [0.717, 1.165) is 135 Å². The number of aliphatic hydroxyl groups excluding tert-OH is 1. The van der Waals surface area contributed by atoms with Crippen LogP contribution in [0.5, 0.6) is 0 Å². The summed E-state index contributed by atoms with van der Waals surface area (Å²) in [7, 11) is -9.96. The summed E-state index contributed by atoms with van der Waals surface area (Å²) < 4.78 is 68.4. The molecule has 0 radical (unpaired) electrons. The second-order valence-corrected chi connectivity index (χ2v) is 28.8. The largest absolute Gasteiger partial charge is 0.472 e. The molecule has 0 bridgehead atoms. The molecule has 98 heavy (non-hydrogen) atoms. The fourth-order valence-electron chi connectivity index (χ4n) is 10.4. The number of allylic oxidation sites excluding steroid dienone is 14. The van der Waals surface area contributed by atoms with E-state index in [1.165, 1.54) is 116 Å². The zero-order valence-electron chi connectivity index (χ0n) is 62.0. The van der Waals surface area contributed by atoms with Crippen LogP contribution in [0.3, 0.4) is 0 Å². The fourth-order valence-corrected chi connectivity index (χ4v) is 12.0. The molecule has 0 aromatic carbocycles. The minimum Gasteiger partial charge on any atom is -0.462 e. The van der Waals surface area contributed by atoms with Crippen LogP contribution in [0.25, 0.3) is 0 Å². The highest BCUT2D eigenvalue weighted by Crippen LogP contribution is 2.45. The highest BCUT2D eigenvalue weighted by atomic mass is 31.2. The van der Waals surface area contributed by atoms with Gasteiger partial charge in [-0.15, -0.1) is 0 Å². The van der Waals surface area contributed by atoms with Crippen molar-refractivity contribution in [2.24, 2.45) is 0 Å². The molecular weight excluding hydrogens is 1280 g/mol. The predicted molar refractivity (Wildman–Crippen MR) is 399 cm³/mol. The van der Waals surface area contributed by atoms with Crippen LogP contribution < -0.4 is 0 Å². The van der Waals surface area contributed by atoms with Crippen LogP contribution in [0.1, 0.15) is 336 Å². The van der Waals surface area contributed by atoms with Crippen molar-refractivity contribution in [1.29, 1.82) is 0 Å². The summed E-state index contributed by atoms with van der Waals surface area (Å²) in [6, 6.07) is 0. The van der Waals surface area contributed by atoms with Gasteiger partial charge in [0.2, 0.25) is 0 Å². The molecule has 19 heteroatoms. The number of esters is 4. The predicted octanol–water partition coefficient (Wildman–Crippen LogP) is 22.2. The molecule has 5 atom stereocenters. The van der Waals surface area contributed by atoms with Gasteiger partial charge in [0.1, 0.15) is 19.3 Å². The molecule has 0 amide bonds. The average Bonchev–Trinajstić information content (AvgIpc) is 0.969. The van der Waals surface area contributed by atoms with Gasteiger partial charge in [-0.25, -0.2) is 9.13 Å². The molecule has 0 heterocycles. The molecule has 568 valence electrons. The summed E-state index contributed by atoms with van der Waals surface area (Å²) in [5.74, 6) is -2.24. The van der Waals surface area contributed by atoms with E-state index in [-0.39, 0.29) is 25.7 Å². The van der Waals surface area contributed by atoms with Crippen molar-refractivity contribution in [3.05, 3.63) is 85.1 Å². The second-order valence-electron chi connectivity index (χ2n) is 25.9. The quantitative estimate of drug-likeness (QED) is 0.0169. The van der Waals surface area contributed by atoms with E-state index in [1.54, 1.807) is 0 Å². The molecule has 0 aliphatic rings. The van der Waals surface area contributed by atoms with Crippen molar-refractivity contribution >= 4 is 39.5 Å². The first-order valence-electron chi connectivity index (χ1n) is 38.8. The smallest absolute Gasteiger partial charge is 0.462 e. The molecule has 0 spiro atoms. The summed E-state index contributed by atoms with van der Waals surface area (Å²) in [6.07, 6.45) is 72.9. The Morgan fingerprint density at radius 3 is 0.878 bits per heavy atom. The molecule has 3 N–H and O–H groups in total. The van der Waals surface area contributed by atoms with Crippen molar-refractivity contribution < 1.29 is 80.2 Å². The number of hydrogen-bond acceptors (Lipinski definition) is 15. The van der Waals surface area contributed by atoms with Crippen LogP contribution in [-0.4, -0.2) is 96.7 Å². The van der Waals surface area contributed by atoms with Crippen LogP contribution in [0.2, 0.25) is 0 Å². The Balaban J connectivity index is 5.37. The van der Waals surface area contributed by atoms with E-state index in [0.29, 0.717) is 32.1 Å². The summed E-state index contributed by atoms with van der Waals surface area (Å²) in [6.45, 7) is 4.69. The topological polar surface area (TPSA) is 237 Å². The summed E-state index contributed by atoms with van der Waals surface area (Å²) in [5.41, 5.74) is 0. The fraction of sp³-hybridized carbons (Fsp3) is 0.772. The Labute approximate surface area is 595 Å². The molecule has 0 aromatic heterocycles. The molecule has 0 aliphatic carbocycles. The van der Waals surface area contributed by atoms with E-state index in [9.17, 15) is 43.2 Å². The second kappa shape index (κ2) is 71.6.